The Labute approximate surface area is 111 Å². The highest BCUT2D eigenvalue weighted by molar-refractivity contribution is 5.69. The van der Waals surface area contributed by atoms with Crippen molar-refractivity contribution in [2.45, 2.75) is 0 Å². The first-order chi connectivity index (χ1) is 9.33. The van der Waals surface area contributed by atoms with Crippen LogP contribution < -0.4 is 0 Å². The van der Waals surface area contributed by atoms with Crippen LogP contribution in [0.2, 0.25) is 0 Å². The number of benzene rings is 2. The van der Waals surface area contributed by atoms with Gasteiger partial charge in [-0.25, -0.2) is 4.39 Å². The van der Waals surface area contributed by atoms with Gasteiger partial charge in [0.1, 0.15) is 5.82 Å². The number of halogens is 1. The van der Waals surface area contributed by atoms with Gasteiger partial charge in [-0.05, 0) is 40.5 Å². The largest absolute Gasteiger partial charge is 0.264 e. The summed E-state index contributed by atoms with van der Waals surface area (Å²) in [7, 11) is 0. The minimum absolute atomic E-state index is 0.212. The first-order valence-electron chi connectivity index (χ1n) is 6.09. The van der Waals surface area contributed by atoms with Crippen LogP contribution in [-0.4, -0.2) is 4.98 Å². The highest BCUT2D eigenvalue weighted by atomic mass is 19.1. The van der Waals surface area contributed by atoms with Gasteiger partial charge in [0.15, 0.2) is 0 Å². The molecule has 0 spiro atoms. The third-order valence-electron chi connectivity index (χ3n) is 3.06. The maximum absolute atomic E-state index is 12.9. The first kappa shape index (κ1) is 11.6. The molecule has 0 atom stereocenters. The maximum Gasteiger partial charge on any atom is 0.123 e. The molecule has 1 heterocycles. The second-order valence-electron chi connectivity index (χ2n) is 4.33. The van der Waals surface area contributed by atoms with Crippen molar-refractivity contribution < 1.29 is 4.39 Å². The van der Waals surface area contributed by atoms with Crippen molar-refractivity contribution in [2.24, 2.45) is 0 Å². The number of pyridine rings is 1. The van der Waals surface area contributed by atoms with Crippen LogP contribution in [0.15, 0.2) is 73.1 Å². The molecule has 0 saturated heterocycles. The molecule has 0 fully saturated rings. The zero-order valence-electron chi connectivity index (χ0n) is 10.3. The van der Waals surface area contributed by atoms with Crippen molar-refractivity contribution in [1.82, 2.24) is 4.98 Å². The van der Waals surface area contributed by atoms with Crippen molar-refractivity contribution in [3.63, 3.8) is 0 Å². The minimum Gasteiger partial charge on any atom is -0.264 e. The minimum atomic E-state index is -0.212. The number of hydrogen-bond acceptors (Lipinski definition) is 1. The summed E-state index contributed by atoms with van der Waals surface area (Å²) in [6.45, 7) is 0. The molecular weight excluding hydrogens is 237 g/mol. The van der Waals surface area contributed by atoms with E-state index in [9.17, 15) is 4.39 Å². The van der Waals surface area contributed by atoms with Gasteiger partial charge in [0.25, 0.3) is 0 Å². The SMILES string of the molecule is Fc1ccc(-c2ccc(-c3cccnc3)cc2)cc1. The summed E-state index contributed by atoms with van der Waals surface area (Å²) in [6.07, 6.45) is 3.60. The van der Waals surface area contributed by atoms with Crippen LogP contribution in [0.5, 0.6) is 0 Å². The van der Waals surface area contributed by atoms with Gasteiger partial charge in [0.05, 0.1) is 0 Å². The Bertz CT molecular complexity index is 658. The molecule has 0 amide bonds. The first-order valence-corrected chi connectivity index (χ1v) is 6.09. The summed E-state index contributed by atoms with van der Waals surface area (Å²) in [5.41, 5.74) is 4.30. The summed E-state index contributed by atoms with van der Waals surface area (Å²) < 4.78 is 12.9. The van der Waals surface area contributed by atoms with E-state index < -0.39 is 0 Å². The van der Waals surface area contributed by atoms with Gasteiger partial charge in [-0.15, -0.1) is 0 Å². The van der Waals surface area contributed by atoms with Crippen LogP contribution in [-0.2, 0) is 0 Å². The van der Waals surface area contributed by atoms with Gasteiger partial charge in [-0.2, -0.15) is 0 Å². The lowest BCUT2D eigenvalue weighted by Crippen LogP contribution is -1.81. The maximum atomic E-state index is 12.9. The fourth-order valence-electron chi connectivity index (χ4n) is 2.03. The summed E-state index contributed by atoms with van der Waals surface area (Å²) in [4.78, 5) is 4.11. The zero-order chi connectivity index (χ0) is 13.1. The predicted molar refractivity (Wildman–Crippen MR) is 75.1 cm³/mol. The molecule has 2 aromatic carbocycles. The lowest BCUT2D eigenvalue weighted by Gasteiger charge is -2.04. The van der Waals surface area contributed by atoms with Crippen molar-refractivity contribution in [3.8, 4) is 22.3 Å². The molecule has 19 heavy (non-hydrogen) atoms. The van der Waals surface area contributed by atoms with Gasteiger partial charge in [-0.1, -0.05) is 42.5 Å². The Hall–Kier alpha value is -2.48. The molecule has 0 N–H and O–H groups in total. The van der Waals surface area contributed by atoms with E-state index in [2.05, 4.69) is 17.1 Å². The van der Waals surface area contributed by atoms with Crippen LogP contribution in [0.1, 0.15) is 0 Å². The molecule has 0 aliphatic rings. The third kappa shape index (κ3) is 2.52. The Morgan fingerprint density at radius 3 is 1.68 bits per heavy atom. The molecule has 0 radical (unpaired) electrons. The molecule has 0 saturated carbocycles. The Morgan fingerprint density at radius 1 is 0.632 bits per heavy atom. The smallest absolute Gasteiger partial charge is 0.123 e. The summed E-state index contributed by atoms with van der Waals surface area (Å²) in [5, 5.41) is 0. The molecule has 0 aliphatic carbocycles. The molecule has 0 bridgehead atoms. The Morgan fingerprint density at radius 2 is 1.16 bits per heavy atom. The zero-order valence-corrected chi connectivity index (χ0v) is 10.3. The average molecular weight is 249 g/mol. The molecular formula is C17H12FN. The Kier molecular flexibility index (Phi) is 3.07. The summed E-state index contributed by atoms with van der Waals surface area (Å²) >= 11 is 0. The molecule has 1 nitrogen and oxygen atoms in total. The van der Waals surface area contributed by atoms with Crippen LogP contribution >= 0.6 is 0 Å². The molecule has 3 aromatic rings. The van der Waals surface area contributed by atoms with E-state index in [4.69, 9.17) is 0 Å². The van der Waals surface area contributed by atoms with Gasteiger partial charge in [-0.3, -0.25) is 4.98 Å². The van der Waals surface area contributed by atoms with E-state index in [0.717, 1.165) is 22.3 Å². The van der Waals surface area contributed by atoms with E-state index in [1.165, 1.54) is 12.1 Å². The van der Waals surface area contributed by atoms with E-state index in [1.807, 2.05) is 30.5 Å². The van der Waals surface area contributed by atoms with Crippen LogP contribution in [0.3, 0.4) is 0 Å². The van der Waals surface area contributed by atoms with Crippen LogP contribution in [0.25, 0.3) is 22.3 Å². The van der Waals surface area contributed by atoms with Gasteiger partial charge in [0.2, 0.25) is 0 Å². The van der Waals surface area contributed by atoms with E-state index >= 15 is 0 Å². The number of rotatable bonds is 2. The summed E-state index contributed by atoms with van der Waals surface area (Å²) in [5.74, 6) is -0.212. The molecule has 1 aromatic heterocycles. The standard InChI is InChI=1S/C17H12FN/c18-17-9-7-14(8-10-17)13-3-5-15(6-4-13)16-2-1-11-19-12-16/h1-12H. The number of aromatic nitrogens is 1. The van der Waals surface area contributed by atoms with Gasteiger partial charge >= 0.3 is 0 Å². The highest BCUT2D eigenvalue weighted by Gasteiger charge is 2.00. The van der Waals surface area contributed by atoms with Crippen molar-refractivity contribution in [2.75, 3.05) is 0 Å². The fourth-order valence-corrected chi connectivity index (χ4v) is 2.03. The summed E-state index contributed by atoms with van der Waals surface area (Å²) in [6, 6.07) is 18.7. The lowest BCUT2D eigenvalue weighted by molar-refractivity contribution is 0.628. The molecule has 3 rings (SSSR count). The van der Waals surface area contributed by atoms with Crippen molar-refractivity contribution >= 4 is 0 Å². The molecule has 2 heteroatoms. The van der Waals surface area contributed by atoms with Gasteiger partial charge < -0.3 is 0 Å². The number of hydrogen-bond donors (Lipinski definition) is 0. The fraction of sp³-hybridized carbons (Fsp3) is 0. The molecule has 0 aliphatic heterocycles. The second-order valence-corrected chi connectivity index (χ2v) is 4.33. The molecule has 0 unspecified atom stereocenters. The van der Waals surface area contributed by atoms with Crippen molar-refractivity contribution in [1.29, 1.82) is 0 Å². The average Bonchev–Trinajstić information content (AvgIpc) is 2.49. The van der Waals surface area contributed by atoms with E-state index in [1.54, 1.807) is 18.3 Å². The predicted octanol–water partition coefficient (Wildman–Crippen LogP) is 4.55. The number of nitrogens with zero attached hydrogens (tertiary/aromatic N) is 1. The van der Waals surface area contributed by atoms with E-state index in [-0.39, 0.29) is 5.82 Å². The highest BCUT2D eigenvalue weighted by Crippen LogP contribution is 2.24. The lowest BCUT2D eigenvalue weighted by atomic mass is 10.0. The normalized spacial score (nSPS) is 10.4. The van der Waals surface area contributed by atoms with E-state index in [0.29, 0.717) is 0 Å². The third-order valence-corrected chi connectivity index (χ3v) is 3.06. The second kappa shape index (κ2) is 5.02. The topological polar surface area (TPSA) is 12.9 Å². The van der Waals surface area contributed by atoms with Gasteiger partial charge in [0, 0.05) is 12.4 Å². The van der Waals surface area contributed by atoms with Crippen LogP contribution in [0.4, 0.5) is 4.39 Å². The van der Waals surface area contributed by atoms with Crippen LogP contribution in [0, 0.1) is 5.82 Å². The van der Waals surface area contributed by atoms with Crippen molar-refractivity contribution in [3.05, 3.63) is 78.9 Å². The Balaban J connectivity index is 1.93. The molecule has 92 valence electrons. The quantitative estimate of drug-likeness (QED) is 0.649. The monoisotopic (exact) mass is 249 g/mol.